The molecular weight excluding hydrogens is 399 g/mol. The molecule has 2 heterocycles. The number of anilines is 1. The van der Waals surface area contributed by atoms with E-state index in [-0.39, 0.29) is 29.8 Å². The number of aryl methyl sites for hydroxylation is 1. The van der Waals surface area contributed by atoms with Crippen LogP contribution in [0.15, 0.2) is 35.3 Å². The van der Waals surface area contributed by atoms with Gasteiger partial charge in [0.05, 0.1) is 17.3 Å². The summed E-state index contributed by atoms with van der Waals surface area (Å²) in [5.74, 6) is 0.0207. The van der Waals surface area contributed by atoms with Gasteiger partial charge in [0.15, 0.2) is 5.65 Å². The number of alkyl halides is 3. The number of benzene rings is 1. The van der Waals surface area contributed by atoms with Crippen LogP contribution < -0.4 is 10.9 Å². The minimum absolute atomic E-state index is 0.0393. The molecular formula is C20H22F3N5O2. The summed E-state index contributed by atoms with van der Waals surface area (Å²) in [7, 11) is 0. The van der Waals surface area contributed by atoms with E-state index >= 15 is 0 Å². The average molecular weight is 421 g/mol. The highest BCUT2D eigenvalue weighted by molar-refractivity contribution is 5.90. The van der Waals surface area contributed by atoms with E-state index < -0.39 is 17.6 Å². The van der Waals surface area contributed by atoms with Crippen molar-refractivity contribution in [3.8, 4) is 0 Å². The molecule has 7 nitrogen and oxygen atoms in total. The molecule has 0 aliphatic rings. The lowest BCUT2D eigenvalue weighted by atomic mass is 10.1. The van der Waals surface area contributed by atoms with Crippen molar-refractivity contribution in [2.24, 2.45) is 0 Å². The molecule has 2 aromatic heterocycles. The molecule has 0 bridgehead atoms. The van der Waals surface area contributed by atoms with E-state index in [0.29, 0.717) is 16.9 Å². The standard InChI is InChI=1S/C20H22F3N5O2/c1-12-25-17-15(11-24-28(17)19(2,3)4)18(30)27(12)10-9-16(29)26-14-7-5-13(6-8-14)20(21,22)23/h5-8,11H,9-10H2,1-4H3,(H,26,29). The summed E-state index contributed by atoms with van der Waals surface area (Å²) in [4.78, 5) is 29.5. The van der Waals surface area contributed by atoms with Crippen LogP contribution in [-0.4, -0.2) is 25.2 Å². The Morgan fingerprint density at radius 1 is 1.13 bits per heavy atom. The number of rotatable bonds is 4. The molecule has 3 aromatic rings. The zero-order chi connectivity index (χ0) is 22.3. The molecule has 30 heavy (non-hydrogen) atoms. The Morgan fingerprint density at radius 2 is 1.77 bits per heavy atom. The van der Waals surface area contributed by atoms with Crippen molar-refractivity contribution >= 4 is 22.6 Å². The zero-order valence-corrected chi connectivity index (χ0v) is 17.0. The van der Waals surface area contributed by atoms with Crippen LogP contribution in [-0.2, 0) is 23.1 Å². The van der Waals surface area contributed by atoms with Crippen LogP contribution in [0.4, 0.5) is 18.9 Å². The summed E-state index contributed by atoms with van der Waals surface area (Å²) in [5.41, 5.74) is -0.706. The number of nitrogens with zero attached hydrogens (tertiary/aromatic N) is 4. The lowest BCUT2D eigenvalue weighted by Gasteiger charge is -2.20. The van der Waals surface area contributed by atoms with E-state index in [1.807, 2.05) is 20.8 Å². The van der Waals surface area contributed by atoms with Crippen LogP contribution in [0, 0.1) is 6.92 Å². The van der Waals surface area contributed by atoms with Crippen LogP contribution in [0.25, 0.3) is 11.0 Å². The van der Waals surface area contributed by atoms with Crippen molar-refractivity contribution in [2.75, 3.05) is 5.32 Å². The average Bonchev–Trinajstić information content (AvgIpc) is 3.05. The van der Waals surface area contributed by atoms with Crippen LogP contribution in [0.2, 0.25) is 0 Å². The predicted molar refractivity (Wildman–Crippen MR) is 106 cm³/mol. The first kappa shape index (κ1) is 21.5. The summed E-state index contributed by atoms with van der Waals surface area (Å²) < 4.78 is 40.9. The van der Waals surface area contributed by atoms with Gasteiger partial charge >= 0.3 is 6.18 Å². The maximum Gasteiger partial charge on any atom is 0.416 e. The molecule has 0 radical (unpaired) electrons. The van der Waals surface area contributed by atoms with Crippen molar-refractivity contribution in [1.29, 1.82) is 0 Å². The van der Waals surface area contributed by atoms with E-state index in [9.17, 15) is 22.8 Å². The molecule has 0 atom stereocenters. The van der Waals surface area contributed by atoms with Crippen molar-refractivity contribution in [3.05, 3.63) is 52.2 Å². The van der Waals surface area contributed by atoms with Gasteiger partial charge in [0.2, 0.25) is 5.91 Å². The van der Waals surface area contributed by atoms with E-state index in [2.05, 4.69) is 15.4 Å². The van der Waals surface area contributed by atoms with Crippen molar-refractivity contribution < 1.29 is 18.0 Å². The molecule has 1 amide bonds. The van der Waals surface area contributed by atoms with Crippen LogP contribution in [0.1, 0.15) is 38.6 Å². The van der Waals surface area contributed by atoms with Gasteiger partial charge < -0.3 is 5.32 Å². The number of amides is 1. The molecule has 3 rings (SSSR count). The summed E-state index contributed by atoms with van der Waals surface area (Å²) >= 11 is 0. The number of hydrogen-bond acceptors (Lipinski definition) is 4. The molecule has 1 aromatic carbocycles. The second-order valence-electron chi connectivity index (χ2n) is 7.95. The molecule has 160 valence electrons. The molecule has 0 spiro atoms. The van der Waals surface area contributed by atoms with Gasteiger partial charge in [-0.05, 0) is 52.0 Å². The van der Waals surface area contributed by atoms with E-state index in [0.717, 1.165) is 12.1 Å². The normalized spacial score (nSPS) is 12.4. The lowest BCUT2D eigenvalue weighted by molar-refractivity contribution is -0.137. The second kappa shape index (κ2) is 7.58. The molecule has 0 unspecified atom stereocenters. The first-order valence-electron chi connectivity index (χ1n) is 9.30. The van der Waals surface area contributed by atoms with Crippen LogP contribution >= 0.6 is 0 Å². The Kier molecular flexibility index (Phi) is 5.44. The Hall–Kier alpha value is -3.17. The quantitative estimate of drug-likeness (QED) is 0.696. The van der Waals surface area contributed by atoms with Gasteiger partial charge in [-0.15, -0.1) is 0 Å². The number of carbonyl (C=O) groups excluding carboxylic acids is 1. The van der Waals surface area contributed by atoms with Gasteiger partial charge in [0.25, 0.3) is 5.56 Å². The van der Waals surface area contributed by atoms with Crippen molar-refractivity contribution in [1.82, 2.24) is 19.3 Å². The molecule has 0 saturated carbocycles. The number of carbonyl (C=O) groups is 1. The summed E-state index contributed by atoms with van der Waals surface area (Å²) in [5, 5.41) is 7.16. The molecule has 1 N–H and O–H groups in total. The Bertz CT molecular complexity index is 1140. The van der Waals surface area contributed by atoms with Gasteiger partial charge in [-0.25, -0.2) is 9.67 Å². The minimum atomic E-state index is -4.44. The zero-order valence-electron chi connectivity index (χ0n) is 17.0. The highest BCUT2D eigenvalue weighted by atomic mass is 19.4. The maximum absolute atomic E-state index is 12.8. The van der Waals surface area contributed by atoms with Gasteiger partial charge in [-0.2, -0.15) is 18.3 Å². The number of nitrogens with one attached hydrogen (secondary N) is 1. The first-order valence-corrected chi connectivity index (χ1v) is 9.30. The third-order valence-corrected chi connectivity index (χ3v) is 4.57. The molecule has 10 heteroatoms. The van der Waals surface area contributed by atoms with Gasteiger partial charge in [-0.3, -0.25) is 14.2 Å². The van der Waals surface area contributed by atoms with Gasteiger partial charge in [0.1, 0.15) is 11.2 Å². The number of hydrogen-bond donors (Lipinski definition) is 1. The SMILES string of the molecule is Cc1nc2c(cnn2C(C)(C)C)c(=O)n1CCC(=O)Nc1ccc(C(F)(F)F)cc1. The van der Waals surface area contributed by atoms with Gasteiger partial charge in [0, 0.05) is 18.7 Å². The van der Waals surface area contributed by atoms with Crippen molar-refractivity contribution in [3.63, 3.8) is 0 Å². The maximum atomic E-state index is 12.8. The molecule has 0 aliphatic carbocycles. The van der Waals surface area contributed by atoms with E-state index in [1.165, 1.54) is 22.9 Å². The third kappa shape index (κ3) is 4.37. The van der Waals surface area contributed by atoms with E-state index in [4.69, 9.17) is 0 Å². The highest BCUT2D eigenvalue weighted by Gasteiger charge is 2.30. The molecule has 0 saturated heterocycles. The summed E-state index contributed by atoms with van der Waals surface area (Å²) in [6.07, 6.45) is -3.01. The van der Waals surface area contributed by atoms with Gasteiger partial charge in [-0.1, -0.05) is 0 Å². The summed E-state index contributed by atoms with van der Waals surface area (Å²) in [6.45, 7) is 7.62. The molecule has 0 fully saturated rings. The monoisotopic (exact) mass is 421 g/mol. The van der Waals surface area contributed by atoms with E-state index in [1.54, 1.807) is 11.6 Å². The first-order chi connectivity index (χ1) is 13.9. The minimum Gasteiger partial charge on any atom is -0.326 e. The molecule has 0 aliphatic heterocycles. The predicted octanol–water partition coefficient (Wildman–Crippen LogP) is 3.70. The van der Waals surface area contributed by atoms with Crippen molar-refractivity contribution in [2.45, 2.75) is 52.4 Å². The Labute approximate surface area is 170 Å². The topological polar surface area (TPSA) is 81.8 Å². The summed E-state index contributed by atoms with van der Waals surface area (Å²) in [6, 6.07) is 4.17. The third-order valence-electron chi connectivity index (χ3n) is 4.57. The fourth-order valence-electron chi connectivity index (χ4n) is 3.04. The lowest BCUT2D eigenvalue weighted by Crippen LogP contribution is -2.28. The smallest absolute Gasteiger partial charge is 0.326 e. The number of fused-ring (bicyclic) bond motifs is 1. The second-order valence-corrected chi connectivity index (χ2v) is 7.95. The Morgan fingerprint density at radius 3 is 2.33 bits per heavy atom. The fraction of sp³-hybridized carbons (Fsp3) is 0.400. The van der Waals surface area contributed by atoms with Crippen LogP contribution in [0.3, 0.4) is 0 Å². The fourth-order valence-corrected chi connectivity index (χ4v) is 3.04. The largest absolute Gasteiger partial charge is 0.416 e. The highest BCUT2D eigenvalue weighted by Crippen LogP contribution is 2.29. The number of aromatic nitrogens is 4. The van der Waals surface area contributed by atoms with Crippen LogP contribution in [0.5, 0.6) is 0 Å². The Balaban J connectivity index is 1.74. The number of halogens is 3.